The normalized spacial score (nSPS) is 17.7. The van der Waals surface area contributed by atoms with Crippen LogP contribution in [0.1, 0.15) is 16.1 Å². The van der Waals surface area contributed by atoms with Crippen molar-refractivity contribution >= 4 is 23.6 Å². The predicted octanol–water partition coefficient (Wildman–Crippen LogP) is 1.78. The molecule has 1 aromatic heterocycles. The van der Waals surface area contributed by atoms with Crippen LogP contribution in [0.3, 0.4) is 0 Å². The summed E-state index contributed by atoms with van der Waals surface area (Å²) in [5.41, 5.74) is 1.89. The molecule has 0 radical (unpaired) electrons. The average molecular weight is 317 g/mol. The van der Waals surface area contributed by atoms with Crippen molar-refractivity contribution in [1.29, 1.82) is 0 Å². The molecule has 1 aliphatic heterocycles. The lowest BCUT2D eigenvalue weighted by Gasteiger charge is -2.19. The summed E-state index contributed by atoms with van der Waals surface area (Å²) in [6.45, 7) is 1.80. The van der Waals surface area contributed by atoms with E-state index < -0.39 is 12.0 Å². The Kier molecular flexibility index (Phi) is 3.89. The summed E-state index contributed by atoms with van der Waals surface area (Å²) >= 11 is 1.44. The van der Waals surface area contributed by atoms with Gasteiger partial charge in [-0.1, -0.05) is 18.2 Å². The van der Waals surface area contributed by atoms with Gasteiger partial charge in [-0.3, -0.25) is 4.79 Å². The average Bonchev–Trinajstić information content (AvgIpc) is 3.14. The zero-order chi connectivity index (χ0) is 15.7. The molecule has 2 heterocycles. The Labute approximate surface area is 131 Å². The fourth-order valence-electron chi connectivity index (χ4n) is 2.37. The van der Waals surface area contributed by atoms with Crippen molar-refractivity contribution in [3.63, 3.8) is 0 Å². The first-order valence-corrected chi connectivity index (χ1v) is 7.96. The zero-order valence-corrected chi connectivity index (χ0v) is 12.8. The van der Waals surface area contributed by atoms with E-state index in [1.165, 1.54) is 16.7 Å². The number of aliphatic carboxylic acids is 1. The van der Waals surface area contributed by atoms with Gasteiger partial charge in [0.1, 0.15) is 6.04 Å². The summed E-state index contributed by atoms with van der Waals surface area (Å²) in [6.07, 6.45) is 1.78. The molecule has 0 bridgehead atoms. The molecule has 7 heteroatoms. The number of aromatic nitrogens is 2. The second-order valence-electron chi connectivity index (χ2n) is 5.07. The van der Waals surface area contributed by atoms with E-state index in [1.807, 2.05) is 30.3 Å². The van der Waals surface area contributed by atoms with E-state index in [4.69, 9.17) is 0 Å². The van der Waals surface area contributed by atoms with Crippen molar-refractivity contribution < 1.29 is 14.7 Å². The van der Waals surface area contributed by atoms with Gasteiger partial charge in [-0.2, -0.15) is 5.10 Å². The highest BCUT2D eigenvalue weighted by Gasteiger charge is 2.36. The fourth-order valence-corrected chi connectivity index (χ4v) is 3.51. The van der Waals surface area contributed by atoms with E-state index in [1.54, 1.807) is 17.8 Å². The molecular weight excluding hydrogens is 302 g/mol. The standard InChI is InChI=1S/C15H15N3O3S/c1-10-7-18(11-5-3-2-4-6-11)16-13(10)14(19)17-9-22-8-12(17)15(20)21/h2-7,12H,8-9H2,1H3,(H,20,21)/t12-/m0/s1. The quantitative estimate of drug-likeness (QED) is 0.934. The first-order valence-electron chi connectivity index (χ1n) is 6.81. The van der Waals surface area contributed by atoms with Crippen LogP contribution in [-0.2, 0) is 4.79 Å². The molecule has 22 heavy (non-hydrogen) atoms. The number of carboxylic acid groups (broad SMARTS) is 1. The molecule has 1 amide bonds. The van der Waals surface area contributed by atoms with Crippen molar-refractivity contribution in [3.05, 3.63) is 47.8 Å². The maximum Gasteiger partial charge on any atom is 0.327 e. The lowest BCUT2D eigenvalue weighted by Crippen LogP contribution is -2.42. The molecule has 3 rings (SSSR count). The molecule has 1 N–H and O–H groups in total. The minimum atomic E-state index is -0.974. The van der Waals surface area contributed by atoms with Crippen LogP contribution in [-0.4, -0.2) is 49.3 Å². The van der Waals surface area contributed by atoms with E-state index in [0.29, 0.717) is 17.3 Å². The Morgan fingerprint density at radius 2 is 2.05 bits per heavy atom. The number of hydrogen-bond acceptors (Lipinski definition) is 4. The minimum absolute atomic E-state index is 0.303. The third kappa shape index (κ3) is 2.59. The van der Waals surface area contributed by atoms with E-state index in [9.17, 15) is 14.7 Å². The number of thioether (sulfide) groups is 1. The molecule has 0 unspecified atom stereocenters. The van der Waals surface area contributed by atoms with Gasteiger partial charge in [0.25, 0.3) is 5.91 Å². The van der Waals surface area contributed by atoms with Gasteiger partial charge < -0.3 is 10.0 Å². The Balaban J connectivity index is 1.91. The summed E-state index contributed by atoms with van der Waals surface area (Å²) in [5.74, 6) is -0.504. The molecular formula is C15H15N3O3S. The molecule has 0 saturated carbocycles. The van der Waals surface area contributed by atoms with Gasteiger partial charge in [-0.15, -0.1) is 11.8 Å². The van der Waals surface area contributed by atoms with Crippen LogP contribution in [0, 0.1) is 6.92 Å². The minimum Gasteiger partial charge on any atom is -0.480 e. The van der Waals surface area contributed by atoms with Crippen LogP contribution in [0.2, 0.25) is 0 Å². The summed E-state index contributed by atoms with van der Waals surface area (Å²) < 4.78 is 1.64. The highest BCUT2D eigenvalue weighted by Crippen LogP contribution is 2.24. The Morgan fingerprint density at radius 3 is 2.73 bits per heavy atom. The first kappa shape index (κ1) is 14.6. The topological polar surface area (TPSA) is 75.4 Å². The van der Waals surface area contributed by atoms with Crippen molar-refractivity contribution in [2.24, 2.45) is 0 Å². The Bertz CT molecular complexity index is 714. The third-order valence-electron chi connectivity index (χ3n) is 3.55. The van der Waals surface area contributed by atoms with Crippen LogP contribution < -0.4 is 0 Å². The number of hydrogen-bond donors (Lipinski definition) is 1. The van der Waals surface area contributed by atoms with Gasteiger partial charge in [0, 0.05) is 17.5 Å². The number of para-hydroxylation sites is 1. The molecule has 1 aliphatic rings. The van der Waals surface area contributed by atoms with Crippen molar-refractivity contribution in [3.8, 4) is 5.69 Å². The molecule has 2 aromatic rings. The lowest BCUT2D eigenvalue weighted by atomic mass is 10.2. The molecule has 1 saturated heterocycles. The molecule has 0 spiro atoms. The summed E-state index contributed by atoms with van der Waals surface area (Å²) in [4.78, 5) is 25.2. The van der Waals surface area contributed by atoms with Crippen molar-refractivity contribution in [2.75, 3.05) is 11.6 Å². The summed E-state index contributed by atoms with van der Waals surface area (Å²) in [7, 11) is 0. The summed E-state index contributed by atoms with van der Waals surface area (Å²) in [6, 6.07) is 8.71. The smallest absolute Gasteiger partial charge is 0.327 e. The van der Waals surface area contributed by atoms with E-state index in [-0.39, 0.29) is 5.91 Å². The van der Waals surface area contributed by atoms with Gasteiger partial charge in [0.2, 0.25) is 0 Å². The predicted molar refractivity (Wildman–Crippen MR) is 83.2 cm³/mol. The van der Waals surface area contributed by atoms with Gasteiger partial charge in [0.05, 0.1) is 11.6 Å². The number of benzene rings is 1. The number of amides is 1. The number of carbonyl (C=O) groups is 2. The molecule has 6 nitrogen and oxygen atoms in total. The molecule has 1 aromatic carbocycles. The second kappa shape index (κ2) is 5.84. The Morgan fingerprint density at radius 1 is 1.32 bits per heavy atom. The molecule has 0 aliphatic carbocycles. The fraction of sp³-hybridized carbons (Fsp3) is 0.267. The SMILES string of the molecule is Cc1cn(-c2ccccc2)nc1C(=O)N1CSC[C@H]1C(=O)O. The van der Waals surface area contributed by atoms with Crippen molar-refractivity contribution in [1.82, 2.24) is 14.7 Å². The van der Waals surface area contributed by atoms with Crippen LogP contribution >= 0.6 is 11.8 Å². The number of carboxylic acids is 1. The molecule has 1 fully saturated rings. The molecule has 1 atom stereocenters. The number of nitrogens with zero attached hydrogens (tertiary/aromatic N) is 3. The zero-order valence-electron chi connectivity index (χ0n) is 12.0. The van der Waals surface area contributed by atoms with E-state index in [0.717, 1.165) is 11.3 Å². The summed E-state index contributed by atoms with van der Waals surface area (Å²) in [5, 5.41) is 13.5. The van der Waals surface area contributed by atoms with Crippen molar-refractivity contribution in [2.45, 2.75) is 13.0 Å². The second-order valence-corrected chi connectivity index (χ2v) is 6.07. The van der Waals surface area contributed by atoms with Gasteiger partial charge in [0.15, 0.2) is 5.69 Å². The highest BCUT2D eigenvalue weighted by atomic mass is 32.2. The monoisotopic (exact) mass is 317 g/mol. The van der Waals surface area contributed by atoms with Gasteiger partial charge in [-0.25, -0.2) is 9.48 Å². The number of aryl methyl sites for hydroxylation is 1. The molecule has 114 valence electrons. The van der Waals surface area contributed by atoms with E-state index >= 15 is 0 Å². The first-order chi connectivity index (χ1) is 10.6. The van der Waals surface area contributed by atoms with Crippen LogP contribution in [0.4, 0.5) is 0 Å². The maximum atomic E-state index is 12.6. The van der Waals surface area contributed by atoms with Crippen LogP contribution in [0.15, 0.2) is 36.5 Å². The lowest BCUT2D eigenvalue weighted by molar-refractivity contribution is -0.140. The third-order valence-corrected chi connectivity index (χ3v) is 4.56. The van der Waals surface area contributed by atoms with Crippen LogP contribution in [0.25, 0.3) is 5.69 Å². The van der Waals surface area contributed by atoms with E-state index in [2.05, 4.69) is 5.10 Å². The largest absolute Gasteiger partial charge is 0.480 e. The van der Waals surface area contributed by atoms with Gasteiger partial charge in [-0.05, 0) is 19.1 Å². The number of carbonyl (C=O) groups excluding carboxylic acids is 1. The Hall–Kier alpha value is -2.28. The maximum absolute atomic E-state index is 12.6. The van der Waals surface area contributed by atoms with Gasteiger partial charge >= 0.3 is 5.97 Å². The van der Waals surface area contributed by atoms with Crippen LogP contribution in [0.5, 0.6) is 0 Å². The highest BCUT2D eigenvalue weighted by molar-refractivity contribution is 7.99. The number of rotatable bonds is 3.